The highest BCUT2D eigenvalue weighted by Crippen LogP contribution is 2.22. The topological polar surface area (TPSA) is 44.7 Å². The van der Waals surface area contributed by atoms with Crippen molar-refractivity contribution in [2.24, 2.45) is 5.41 Å². The summed E-state index contributed by atoms with van der Waals surface area (Å²) < 4.78 is 5.39. The Bertz CT molecular complexity index is 216. The van der Waals surface area contributed by atoms with Gasteiger partial charge in [-0.3, -0.25) is 4.90 Å². The molecule has 0 bridgehead atoms. The average molecular weight is 244 g/mol. The summed E-state index contributed by atoms with van der Waals surface area (Å²) >= 11 is 0. The Morgan fingerprint density at radius 3 is 2.71 bits per heavy atom. The van der Waals surface area contributed by atoms with Gasteiger partial charge in [0.05, 0.1) is 25.9 Å². The van der Waals surface area contributed by atoms with Crippen LogP contribution in [0.2, 0.25) is 0 Å². The Kier molecular flexibility index (Phi) is 5.86. The number of hydrogen-bond acceptors (Lipinski definition) is 4. The lowest BCUT2D eigenvalue weighted by atomic mass is 9.84. The molecular weight excluding hydrogens is 216 g/mol. The number of nitrogens with zero attached hydrogens (tertiary/aromatic N) is 1. The SMILES string of the molecule is CNC(CCN1CCOCC1CO)C(C)(C)C. The fourth-order valence-corrected chi connectivity index (χ4v) is 2.46. The first-order valence-corrected chi connectivity index (χ1v) is 6.59. The van der Waals surface area contributed by atoms with Gasteiger partial charge in [-0.05, 0) is 18.9 Å². The quantitative estimate of drug-likeness (QED) is 0.747. The van der Waals surface area contributed by atoms with Crippen molar-refractivity contribution in [3.63, 3.8) is 0 Å². The summed E-state index contributed by atoms with van der Waals surface area (Å²) in [7, 11) is 2.03. The summed E-state index contributed by atoms with van der Waals surface area (Å²) in [6.45, 7) is 10.4. The molecule has 0 aromatic heterocycles. The standard InChI is InChI=1S/C13H28N2O2/c1-13(2,3)12(14-4)5-6-15-7-8-17-10-11(15)9-16/h11-12,14,16H,5-10H2,1-4H3. The first-order valence-electron chi connectivity index (χ1n) is 6.59. The maximum Gasteiger partial charge on any atom is 0.0644 e. The van der Waals surface area contributed by atoms with Crippen LogP contribution in [0.15, 0.2) is 0 Å². The Labute approximate surface area is 105 Å². The minimum absolute atomic E-state index is 0.182. The van der Waals surface area contributed by atoms with Gasteiger partial charge in [0.25, 0.3) is 0 Å². The van der Waals surface area contributed by atoms with Crippen LogP contribution in [0.1, 0.15) is 27.2 Å². The molecule has 1 aliphatic heterocycles. The molecule has 0 aliphatic carbocycles. The highest BCUT2D eigenvalue weighted by atomic mass is 16.5. The molecule has 4 heteroatoms. The number of nitrogens with one attached hydrogen (secondary N) is 1. The zero-order valence-corrected chi connectivity index (χ0v) is 11.7. The molecule has 102 valence electrons. The average Bonchev–Trinajstić information content (AvgIpc) is 2.28. The first-order chi connectivity index (χ1) is 7.99. The maximum atomic E-state index is 9.31. The van der Waals surface area contributed by atoms with E-state index in [9.17, 15) is 5.11 Å². The van der Waals surface area contributed by atoms with Crippen LogP contribution in [0.5, 0.6) is 0 Å². The van der Waals surface area contributed by atoms with Gasteiger partial charge < -0.3 is 15.2 Å². The van der Waals surface area contributed by atoms with Crippen LogP contribution in [0, 0.1) is 5.41 Å². The molecule has 0 aromatic rings. The third-order valence-electron chi connectivity index (χ3n) is 3.66. The number of hydrogen-bond donors (Lipinski definition) is 2. The summed E-state index contributed by atoms with van der Waals surface area (Å²) in [4.78, 5) is 2.35. The molecule has 0 saturated carbocycles. The van der Waals surface area contributed by atoms with Crippen molar-refractivity contribution < 1.29 is 9.84 Å². The van der Waals surface area contributed by atoms with Crippen molar-refractivity contribution in [2.45, 2.75) is 39.3 Å². The van der Waals surface area contributed by atoms with Crippen molar-refractivity contribution in [2.75, 3.05) is 40.0 Å². The molecule has 1 fully saturated rings. The number of ether oxygens (including phenoxy) is 1. The lowest BCUT2D eigenvalue weighted by Gasteiger charge is -2.37. The van der Waals surface area contributed by atoms with E-state index in [1.54, 1.807) is 0 Å². The molecule has 0 aromatic carbocycles. The van der Waals surface area contributed by atoms with E-state index >= 15 is 0 Å². The lowest BCUT2D eigenvalue weighted by Crippen LogP contribution is -2.50. The van der Waals surface area contributed by atoms with E-state index < -0.39 is 0 Å². The highest BCUT2D eigenvalue weighted by molar-refractivity contribution is 4.82. The number of aliphatic hydroxyl groups excluding tert-OH is 1. The second-order valence-corrected chi connectivity index (χ2v) is 5.94. The van der Waals surface area contributed by atoms with Crippen LogP contribution in [0.4, 0.5) is 0 Å². The fraction of sp³-hybridized carbons (Fsp3) is 1.00. The molecule has 0 radical (unpaired) electrons. The zero-order chi connectivity index (χ0) is 12.9. The van der Waals surface area contributed by atoms with Crippen molar-refractivity contribution in [1.29, 1.82) is 0 Å². The molecule has 1 aliphatic rings. The summed E-state index contributed by atoms with van der Waals surface area (Å²) in [5, 5.41) is 12.7. The summed E-state index contributed by atoms with van der Waals surface area (Å²) in [6.07, 6.45) is 1.11. The first kappa shape index (κ1) is 14.9. The monoisotopic (exact) mass is 244 g/mol. The van der Waals surface area contributed by atoms with Gasteiger partial charge in [-0.2, -0.15) is 0 Å². The minimum Gasteiger partial charge on any atom is -0.395 e. The highest BCUT2D eigenvalue weighted by Gasteiger charge is 2.26. The van der Waals surface area contributed by atoms with E-state index in [0.29, 0.717) is 12.6 Å². The second-order valence-electron chi connectivity index (χ2n) is 5.94. The van der Waals surface area contributed by atoms with Crippen molar-refractivity contribution in [3.05, 3.63) is 0 Å². The summed E-state index contributed by atoms with van der Waals surface area (Å²) in [5.41, 5.74) is 0.274. The molecule has 4 nitrogen and oxygen atoms in total. The Morgan fingerprint density at radius 2 is 2.18 bits per heavy atom. The van der Waals surface area contributed by atoms with Gasteiger partial charge in [0.2, 0.25) is 0 Å². The van der Waals surface area contributed by atoms with Gasteiger partial charge in [-0.15, -0.1) is 0 Å². The lowest BCUT2D eigenvalue weighted by molar-refractivity contribution is -0.0297. The molecule has 0 spiro atoms. The maximum absolute atomic E-state index is 9.31. The van der Waals surface area contributed by atoms with Gasteiger partial charge in [0, 0.05) is 19.1 Å². The number of morpholine rings is 1. The van der Waals surface area contributed by atoms with E-state index in [4.69, 9.17) is 4.74 Å². The molecule has 1 saturated heterocycles. The van der Waals surface area contributed by atoms with Gasteiger partial charge in [0.15, 0.2) is 0 Å². The van der Waals surface area contributed by atoms with Crippen LogP contribution >= 0.6 is 0 Å². The molecule has 2 atom stereocenters. The van der Waals surface area contributed by atoms with Crippen molar-refractivity contribution in [1.82, 2.24) is 10.2 Å². The molecule has 2 unspecified atom stereocenters. The predicted octanol–water partition coefficient (Wildman–Crippen LogP) is 0.704. The van der Waals surface area contributed by atoms with E-state index in [1.165, 1.54) is 0 Å². The Morgan fingerprint density at radius 1 is 1.47 bits per heavy atom. The van der Waals surface area contributed by atoms with Crippen LogP contribution in [-0.2, 0) is 4.74 Å². The Balaban J connectivity index is 2.42. The van der Waals surface area contributed by atoms with E-state index in [1.807, 2.05) is 7.05 Å². The predicted molar refractivity (Wildman–Crippen MR) is 70.2 cm³/mol. The molecule has 2 N–H and O–H groups in total. The van der Waals surface area contributed by atoms with Gasteiger partial charge in [-0.1, -0.05) is 20.8 Å². The van der Waals surface area contributed by atoms with E-state index in [2.05, 4.69) is 31.0 Å². The minimum atomic E-state index is 0.182. The molecular formula is C13H28N2O2. The fourth-order valence-electron chi connectivity index (χ4n) is 2.46. The van der Waals surface area contributed by atoms with Crippen molar-refractivity contribution in [3.8, 4) is 0 Å². The van der Waals surface area contributed by atoms with Gasteiger partial charge in [0.1, 0.15) is 0 Å². The normalized spacial score (nSPS) is 24.9. The number of rotatable bonds is 5. The van der Waals surface area contributed by atoms with Crippen LogP contribution in [0.3, 0.4) is 0 Å². The van der Waals surface area contributed by atoms with Gasteiger partial charge in [-0.25, -0.2) is 0 Å². The van der Waals surface area contributed by atoms with E-state index in [-0.39, 0.29) is 18.1 Å². The van der Waals surface area contributed by atoms with Crippen molar-refractivity contribution >= 4 is 0 Å². The molecule has 1 rings (SSSR count). The summed E-state index contributed by atoms with van der Waals surface area (Å²) in [5.74, 6) is 0. The van der Waals surface area contributed by atoms with Gasteiger partial charge >= 0.3 is 0 Å². The van der Waals surface area contributed by atoms with Crippen LogP contribution < -0.4 is 5.32 Å². The third kappa shape index (κ3) is 4.54. The van der Waals surface area contributed by atoms with Crippen LogP contribution in [0.25, 0.3) is 0 Å². The zero-order valence-electron chi connectivity index (χ0n) is 11.7. The molecule has 1 heterocycles. The molecule has 0 amide bonds. The number of aliphatic hydroxyl groups is 1. The van der Waals surface area contributed by atoms with Crippen LogP contribution in [-0.4, -0.2) is 62.0 Å². The van der Waals surface area contributed by atoms with E-state index in [0.717, 1.165) is 26.1 Å². The summed E-state index contributed by atoms with van der Waals surface area (Å²) in [6, 6.07) is 0.686. The third-order valence-corrected chi connectivity index (χ3v) is 3.66. The smallest absolute Gasteiger partial charge is 0.0644 e. The molecule has 17 heavy (non-hydrogen) atoms. The largest absolute Gasteiger partial charge is 0.395 e. The second kappa shape index (κ2) is 6.69. The Hall–Kier alpha value is -0.160.